The van der Waals surface area contributed by atoms with Crippen LogP contribution in [0.4, 0.5) is 0 Å². The number of nitrogens with one attached hydrogen (secondary N) is 1. The summed E-state index contributed by atoms with van der Waals surface area (Å²) >= 11 is 0. The molecule has 0 fully saturated rings. The first-order valence-corrected chi connectivity index (χ1v) is 7.10. The number of nitrogens with zero attached hydrogens (tertiary/aromatic N) is 1. The lowest BCUT2D eigenvalue weighted by Crippen LogP contribution is -2.13. The molecule has 1 aromatic carbocycles. The molecule has 0 saturated carbocycles. The van der Waals surface area contributed by atoms with Gasteiger partial charge in [0.15, 0.2) is 0 Å². The van der Waals surface area contributed by atoms with Crippen LogP contribution < -0.4 is 10.1 Å². The average Bonchev–Trinajstić information content (AvgIpc) is 2.44. The van der Waals surface area contributed by atoms with Crippen molar-refractivity contribution in [2.24, 2.45) is 0 Å². The second-order valence-electron chi connectivity index (χ2n) is 5.01. The van der Waals surface area contributed by atoms with Crippen LogP contribution in [-0.2, 0) is 6.54 Å². The highest BCUT2D eigenvalue weighted by molar-refractivity contribution is 5.39. The molecule has 3 nitrogen and oxygen atoms in total. The Balaban J connectivity index is 2.03. The largest absolute Gasteiger partial charge is 0.455 e. The maximum Gasteiger partial charge on any atom is 0.145 e. The van der Waals surface area contributed by atoms with Gasteiger partial charge in [-0.3, -0.25) is 4.98 Å². The van der Waals surface area contributed by atoms with E-state index in [1.54, 1.807) is 6.20 Å². The van der Waals surface area contributed by atoms with Gasteiger partial charge in [0.25, 0.3) is 0 Å². The zero-order chi connectivity index (χ0) is 14.4. The number of hydrogen-bond donors (Lipinski definition) is 1. The van der Waals surface area contributed by atoms with E-state index in [2.05, 4.69) is 36.3 Å². The van der Waals surface area contributed by atoms with E-state index in [0.29, 0.717) is 0 Å². The fraction of sp³-hybridized carbons (Fsp3) is 0.353. The van der Waals surface area contributed by atoms with E-state index < -0.39 is 0 Å². The highest BCUT2D eigenvalue weighted by Gasteiger charge is 2.03. The lowest BCUT2D eigenvalue weighted by atomic mass is 10.1. The first-order valence-electron chi connectivity index (χ1n) is 7.10. The molecule has 3 heteroatoms. The minimum absolute atomic E-state index is 0.774. The van der Waals surface area contributed by atoms with Crippen LogP contribution in [-0.4, -0.2) is 11.5 Å². The van der Waals surface area contributed by atoms with Crippen molar-refractivity contribution in [3.63, 3.8) is 0 Å². The van der Waals surface area contributed by atoms with Crippen LogP contribution in [0.25, 0.3) is 0 Å². The van der Waals surface area contributed by atoms with Crippen LogP contribution >= 0.6 is 0 Å². The fourth-order valence-corrected chi connectivity index (χ4v) is 1.99. The number of rotatable bonds is 6. The maximum absolute atomic E-state index is 5.86. The molecule has 0 unspecified atom stereocenters. The molecule has 106 valence electrons. The topological polar surface area (TPSA) is 34.1 Å². The molecule has 0 amide bonds. The number of hydrogen-bond acceptors (Lipinski definition) is 3. The Kier molecular flexibility index (Phi) is 5.13. The normalized spacial score (nSPS) is 10.6. The molecule has 0 aliphatic heterocycles. The van der Waals surface area contributed by atoms with Crippen LogP contribution in [0.5, 0.6) is 11.5 Å². The van der Waals surface area contributed by atoms with Gasteiger partial charge in [-0.15, -0.1) is 0 Å². The quantitative estimate of drug-likeness (QED) is 0.806. The monoisotopic (exact) mass is 270 g/mol. The van der Waals surface area contributed by atoms with Crippen molar-refractivity contribution in [2.45, 2.75) is 33.7 Å². The predicted molar refractivity (Wildman–Crippen MR) is 82.2 cm³/mol. The van der Waals surface area contributed by atoms with Crippen molar-refractivity contribution in [2.75, 3.05) is 6.54 Å². The van der Waals surface area contributed by atoms with Crippen LogP contribution in [0, 0.1) is 13.8 Å². The van der Waals surface area contributed by atoms with E-state index in [-0.39, 0.29) is 0 Å². The van der Waals surface area contributed by atoms with Crippen molar-refractivity contribution in [1.29, 1.82) is 0 Å². The Morgan fingerprint density at radius 1 is 1.15 bits per heavy atom. The highest BCUT2D eigenvalue weighted by atomic mass is 16.5. The molecule has 0 bridgehead atoms. The summed E-state index contributed by atoms with van der Waals surface area (Å²) < 4.78 is 5.86. The van der Waals surface area contributed by atoms with Gasteiger partial charge in [-0.2, -0.15) is 0 Å². The minimum atomic E-state index is 0.774. The molecule has 1 aromatic heterocycles. The van der Waals surface area contributed by atoms with Gasteiger partial charge in [-0.05, 0) is 56.1 Å². The Morgan fingerprint density at radius 2 is 2.00 bits per heavy atom. The molecule has 0 spiro atoms. The van der Waals surface area contributed by atoms with Gasteiger partial charge in [-0.25, -0.2) is 0 Å². The molecule has 0 aliphatic carbocycles. The van der Waals surface area contributed by atoms with E-state index in [1.165, 1.54) is 5.56 Å². The fourth-order valence-electron chi connectivity index (χ4n) is 1.99. The Hall–Kier alpha value is -1.87. The third-order valence-electron chi connectivity index (χ3n) is 3.11. The summed E-state index contributed by atoms with van der Waals surface area (Å²) in [6.07, 6.45) is 2.91. The molecular weight excluding hydrogens is 248 g/mol. The van der Waals surface area contributed by atoms with Gasteiger partial charge >= 0.3 is 0 Å². The molecule has 0 atom stereocenters. The summed E-state index contributed by atoms with van der Waals surface area (Å²) in [5.41, 5.74) is 3.41. The SMILES string of the molecule is CCCNCc1ccc(Oc2ccc(C)nc2)c(C)c1. The second-order valence-corrected chi connectivity index (χ2v) is 5.01. The molecule has 0 radical (unpaired) electrons. The summed E-state index contributed by atoms with van der Waals surface area (Å²) in [7, 11) is 0. The number of benzene rings is 1. The Bertz CT molecular complexity index is 549. The molecule has 1 heterocycles. The second kappa shape index (κ2) is 7.06. The molecular formula is C17H22N2O. The first kappa shape index (κ1) is 14.5. The lowest BCUT2D eigenvalue weighted by molar-refractivity contribution is 0.476. The van der Waals surface area contributed by atoms with Crippen LogP contribution in [0.15, 0.2) is 36.5 Å². The number of ether oxygens (including phenoxy) is 1. The van der Waals surface area contributed by atoms with Crippen molar-refractivity contribution in [3.8, 4) is 11.5 Å². The summed E-state index contributed by atoms with van der Waals surface area (Å²) in [6, 6.07) is 10.2. The van der Waals surface area contributed by atoms with Gasteiger partial charge < -0.3 is 10.1 Å². The van der Waals surface area contributed by atoms with Gasteiger partial charge in [-0.1, -0.05) is 19.1 Å². The van der Waals surface area contributed by atoms with Gasteiger partial charge in [0.1, 0.15) is 11.5 Å². The molecule has 1 N–H and O–H groups in total. The van der Waals surface area contributed by atoms with E-state index in [0.717, 1.165) is 42.3 Å². The van der Waals surface area contributed by atoms with Gasteiger partial charge in [0.2, 0.25) is 0 Å². The predicted octanol–water partition coefficient (Wildman–Crippen LogP) is 3.99. The summed E-state index contributed by atoms with van der Waals surface area (Å²) in [6.45, 7) is 8.16. The molecule has 2 aromatic rings. The van der Waals surface area contributed by atoms with Gasteiger partial charge in [0, 0.05) is 12.2 Å². The van der Waals surface area contributed by atoms with Crippen LogP contribution in [0.1, 0.15) is 30.2 Å². The molecule has 2 rings (SSSR count). The highest BCUT2D eigenvalue weighted by Crippen LogP contribution is 2.25. The number of pyridine rings is 1. The van der Waals surface area contributed by atoms with E-state index in [9.17, 15) is 0 Å². The first-order chi connectivity index (χ1) is 9.69. The van der Waals surface area contributed by atoms with Crippen molar-refractivity contribution >= 4 is 0 Å². The average molecular weight is 270 g/mol. The minimum Gasteiger partial charge on any atom is -0.455 e. The number of aromatic nitrogens is 1. The van der Waals surface area contributed by atoms with Crippen molar-refractivity contribution in [3.05, 3.63) is 53.3 Å². The molecule has 0 aliphatic rings. The summed E-state index contributed by atoms with van der Waals surface area (Å²) in [5.74, 6) is 1.66. The van der Waals surface area contributed by atoms with E-state index in [1.807, 2.05) is 25.1 Å². The summed E-state index contributed by atoms with van der Waals surface area (Å²) in [5, 5.41) is 3.40. The van der Waals surface area contributed by atoms with E-state index >= 15 is 0 Å². The van der Waals surface area contributed by atoms with Crippen molar-refractivity contribution < 1.29 is 4.74 Å². The van der Waals surface area contributed by atoms with Gasteiger partial charge in [0.05, 0.1) is 6.20 Å². The van der Waals surface area contributed by atoms with Crippen LogP contribution in [0.2, 0.25) is 0 Å². The third kappa shape index (κ3) is 4.07. The van der Waals surface area contributed by atoms with Crippen LogP contribution in [0.3, 0.4) is 0 Å². The Labute approximate surface area is 121 Å². The molecule has 0 saturated heterocycles. The third-order valence-corrected chi connectivity index (χ3v) is 3.11. The zero-order valence-corrected chi connectivity index (χ0v) is 12.4. The van der Waals surface area contributed by atoms with E-state index in [4.69, 9.17) is 4.74 Å². The van der Waals surface area contributed by atoms with Crippen molar-refractivity contribution in [1.82, 2.24) is 10.3 Å². The molecule has 20 heavy (non-hydrogen) atoms. The zero-order valence-electron chi connectivity index (χ0n) is 12.4. The standard InChI is InChI=1S/C17H22N2O/c1-4-9-18-11-15-6-8-17(13(2)10-15)20-16-7-5-14(3)19-12-16/h5-8,10,12,18H,4,9,11H2,1-3H3. The Morgan fingerprint density at radius 3 is 2.65 bits per heavy atom. The number of aryl methyl sites for hydroxylation is 2. The lowest BCUT2D eigenvalue weighted by Gasteiger charge is -2.11. The summed E-state index contributed by atoms with van der Waals surface area (Å²) in [4.78, 5) is 4.24. The smallest absolute Gasteiger partial charge is 0.145 e. The maximum atomic E-state index is 5.86.